The average molecular weight is 361 g/mol. The number of hydrogen-bond acceptors (Lipinski definition) is 3. The molecule has 1 heterocycles. The van der Waals surface area contributed by atoms with Gasteiger partial charge in [-0.05, 0) is 54.8 Å². The van der Waals surface area contributed by atoms with Gasteiger partial charge in [0.25, 0.3) is 0 Å². The average Bonchev–Trinajstić information content (AvgIpc) is 2.61. The monoisotopic (exact) mass is 361 g/mol. The summed E-state index contributed by atoms with van der Waals surface area (Å²) in [4.78, 5) is 12.8. The second-order valence-corrected chi connectivity index (χ2v) is 6.51. The Kier molecular flexibility index (Phi) is 5.96. The zero-order valence-corrected chi connectivity index (χ0v) is 14.3. The standard InChI is InChI=1S/C20H21F2NO3/c21-16-7-3-14(4-8-16)20(15-5-9-17(22)10-6-15)26-18-2-1-11-23(12-18)13-19(24)25/h3-10,18,20H,1-2,11-13H2,(H,24,25). The highest BCUT2D eigenvalue weighted by Gasteiger charge is 2.26. The Morgan fingerprint density at radius 2 is 1.62 bits per heavy atom. The number of benzene rings is 2. The van der Waals surface area contributed by atoms with Gasteiger partial charge in [0.2, 0.25) is 0 Å². The Labute approximate surface area is 151 Å². The van der Waals surface area contributed by atoms with Crippen LogP contribution in [-0.2, 0) is 9.53 Å². The first-order chi connectivity index (χ1) is 12.5. The summed E-state index contributed by atoms with van der Waals surface area (Å²) >= 11 is 0. The fourth-order valence-corrected chi connectivity index (χ4v) is 3.28. The Balaban J connectivity index is 1.80. The van der Waals surface area contributed by atoms with Crippen LogP contribution in [0.1, 0.15) is 30.1 Å². The van der Waals surface area contributed by atoms with Gasteiger partial charge in [0.15, 0.2) is 0 Å². The van der Waals surface area contributed by atoms with E-state index in [-0.39, 0.29) is 24.3 Å². The zero-order chi connectivity index (χ0) is 18.5. The van der Waals surface area contributed by atoms with Crippen LogP contribution in [0.5, 0.6) is 0 Å². The van der Waals surface area contributed by atoms with Crippen molar-refractivity contribution in [2.45, 2.75) is 25.0 Å². The van der Waals surface area contributed by atoms with Crippen LogP contribution in [0.2, 0.25) is 0 Å². The van der Waals surface area contributed by atoms with Crippen molar-refractivity contribution < 1.29 is 23.4 Å². The molecule has 138 valence electrons. The third-order valence-corrected chi connectivity index (χ3v) is 4.50. The van der Waals surface area contributed by atoms with Crippen LogP contribution in [0.25, 0.3) is 0 Å². The van der Waals surface area contributed by atoms with E-state index in [1.54, 1.807) is 24.3 Å². The van der Waals surface area contributed by atoms with E-state index >= 15 is 0 Å². The minimum Gasteiger partial charge on any atom is -0.480 e. The normalized spacial score (nSPS) is 18.2. The lowest BCUT2D eigenvalue weighted by molar-refractivity contribution is -0.139. The molecule has 1 fully saturated rings. The molecule has 1 N–H and O–H groups in total. The lowest BCUT2D eigenvalue weighted by Gasteiger charge is -2.34. The maximum atomic E-state index is 13.3. The molecule has 1 aliphatic heterocycles. The summed E-state index contributed by atoms with van der Waals surface area (Å²) < 4.78 is 32.8. The predicted molar refractivity (Wildman–Crippen MR) is 92.8 cm³/mol. The molecule has 0 radical (unpaired) electrons. The second-order valence-electron chi connectivity index (χ2n) is 6.51. The van der Waals surface area contributed by atoms with Crippen molar-refractivity contribution in [2.24, 2.45) is 0 Å². The van der Waals surface area contributed by atoms with Crippen molar-refractivity contribution in [1.29, 1.82) is 0 Å². The van der Waals surface area contributed by atoms with E-state index < -0.39 is 12.1 Å². The number of aliphatic carboxylic acids is 1. The number of rotatable bonds is 6. The summed E-state index contributed by atoms with van der Waals surface area (Å²) in [6, 6.07) is 12.1. The van der Waals surface area contributed by atoms with Crippen LogP contribution in [-0.4, -0.2) is 41.7 Å². The summed E-state index contributed by atoms with van der Waals surface area (Å²) in [7, 11) is 0. The number of nitrogens with zero attached hydrogens (tertiary/aromatic N) is 1. The van der Waals surface area contributed by atoms with Gasteiger partial charge in [-0.15, -0.1) is 0 Å². The van der Waals surface area contributed by atoms with Gasteiger partial charge in [0.1, 0.15) is 17.7 Å². The van der Waals surface area contributed by atoms with E-state index in [2.05, 4.69) is 0 Å². The van der Waals surface area contributed by atoms with Crippen molar-refractivity contribution in [2.75, 3.05) is 19.6 Å². The SMILES string of the molecule is O=C(O)CN1CCCC(OC(c2ccc(F)cc2)c2ccc(F)cc2)C1. The molecule has 0 aliphatic carbocycles. The number of likely N-dealkylation sites (tertiary alicyclic amines) is 1. The van der Waals surface area contributed by atoms with Crippen LogP contribution in [0.4, 0.5) is 8.78 Å². The molecule has 0 bridgehead atoms. The molecule has 0 amide bonds. The molecule has 2 aromatic rings. The molecule has 0 saturated carbocycles. The highest BCUT2D eigenvalue weighted by Crippen LogP contribution is 2.30. The van der Waals surface area contributed by atoms with Gasteiger partial charge in [0, 0.05) is 6.54 Å². The molecule has 0 aromatic heterocycles. The number of halogens is 2. The molecule has 3 rings (SSSR count). The van der Waals surface area contributed by atoms with Crippen LogP contribution >= 0.6 is 0 Å². The van der Waals surface area contributed by atoms with E-state index in [4.69, 9.17) is 9.84 Å². The smallest absolute Gasteiger partial charge is 0.317 e. The minimum absolute atomic E-state index is 0.0162. The van der Waals surface area contributed by atoms with Gasteiger partial charge >= 0.3 is 5.97 Å². The van der Waals surface area contributed by atoms with E-state index in [1.807, 2.05) is 4.90 Å². The van der Waals surface area contributed by atoms with Gasteiger partial charge in [-0.1, -0.05) is 24.3 Å². The van der Waals surface area contributed by atoms with E-state index in [0.717, 1.165) is 30.5 Å². The van der Waals surface area contributed by atoms with Crippen LogP contribution in [0.15, 0.2) is 48.5 Å². The molecule has 26 heavy (non-hydrogen) atoms. The van der Waals surface area contributed by atoms with Gasteiger partial charge in [-0.25, -0.2) is 8.78 Å². The minimum atomic E-state index is -0.862. The lowest BCUT2D eigenvalue weighted by Crippen LogP contribution is -2.42. The third-order valence-electron chi connectivity index (χ3n) is 4.50. The Morgan fingerprint density at radius 1 is 1.08 bits per heavy atom. The summed E-state index contributed by atoms with van der Waals surface area (Å²) in [5.74, 6) is -1.53. The molecule has 1 aliphatic rings. The van der Waals surface area contributed by atoms with Crippen molar-refractivity contribution >= 4 is 5.97 Å². The second kappa shape index (κ2) is 8.38. The highest BCUT2D eigenvalue weighted by atomic mass is 19.1. The Morgan fingerprint density at radius 3 is 2.12 bits per heavy atom. The van der Waals surface area contributed by atoms with Gasteiger partial charge in [-0.3, -0.25) is 9.69 Å². The number of carboxylic acid groups (broad SMARTS) is 1. The van der Waals surface area contributed by atoms with Crippen LogP contribution < -0.4 is 0 Å². The predicted octanol–water partition coefficient (Wildman–Crippen LogP) is 3.62. The highest BCUT2D eigenvalue weighted by molar-refractivity contribution is 5.69. The number of ether oxygens (including phenoxy) is 1. The number of carboxylic acids is 1. The molecule has 4 nitrogen and oxygen atoms in total. The zero-order valence-electron chi connectivity index (χ0n) is 14.3. The molecule has 6 heteroatoms. The number of carbonyl (C=O) groups is 1. The van der Waals surface area contributed by atoms with Crippen LogP contribution in [0.3, 0.4) is 0 Å². The quantitative estimate of drug-likeness (QED) is 0.854. The molecule has 1 saturated heterocycles. The largest absolute Gasteiger partial charge is 0.480 e. The summed E-state index contributed by atoms with van der Waals surface area (Å²) in [5.41, 5.74) is 1.54. The van der Waals surface area contributed by atoms with E-state index in [1.165, 1.54) is 24.3 Å². The molecular formula is C20H21F2NO3. The molecule has 2 aromatic carbocycles. The number of hydrogen-bond donors (Lipinski definition) is 1. The first kappa shape index (κ1) is 18.5. The molecule has 1 atom stereocenters. The molecular weight excluding hydrogens is 340 g/mol. The fourth-order valence-electron chi connectivity index (χ4n) is 3.28. The molecule has 0 spiro atoms. The third kappa shape index (κ3) is 4.86. The van der Waals surface area contributed by atoms with Crippen molar-refractivity contribution in [3.05, 3.63) is 71.3 Å². The summed E-state index contributed by atoms with van der Waals surface area (Å²) in [5, 5.41) is 8.99. The van der Waals surface area contributed by atoms with Gasteiger partial charge in [-0.2, -0.15) is 0 Å². The first-order valence-corrected chi connectivity index (χ1v) is 8.62. The Hall–Kier alpha value is -2.31. The van der Waals surface area contributed by atoms with E-state index in [0.29, 0.717) is 6.54 Å². The summed E-state index contributed by atoms with van der Waals surface area (Å²) in [6.07, 6.45) is 1.04. The van der Waals surface area contributed by atoms with Crippen molar-refractivity contribution in [3.8, 4) is 0 Å². The van der Waals surface area contributed by atoms with Gasteiger partial charge in [0.05, 0.1) is 12.6 Å². The van der Waals surface area contributed by atoms with Crippen molar-refractivity contribution in [3.63, 3.8) is 0 Å². The van der Waals surface area contributed by atoms with Crippen LogP contribution in [0, 0.1) is 11.6 Å². The van der Waals surface area contributed by atoms with E-state index in [9.17, 15) is 13.6 Å². The van der Waals surface area contributed by atoms with Gasteiger partial charge < -0.3 is 9.84 Å². The Bertz CT molecular complexity index is 688. The summed E-state index contributed by atoms with van der Waals surface area (Å²) in [6.45, 7) is 1.23. The lowest BCUT2D eigenvalue weighted by atomic mass is 10.00. The maximum absolute atomic E-state index is 13.3. The first-order valence-electron chi connectivity index (χ1n) is 8.62. The molecule has 1 unspecified atom stereocenters. The van der Waals surface area contributed by atoms with Crippen molar-refractivity contribution in [1.82, 2.24) is 4.90 Å². The topological polar surface area (TPSA) is 49.8 Å². The fraction of sp³-hybridized carbons (Fsp3) is 0.350. The maximum Gasteiger partial charge on any atom is 0.317 e. The number of piperidine rings is 1.